The van der Waals surface area contributed by atoms with Crippen LogP contribution in [0.15, 0.2) is 36.5 Å². The molecule has 2 aliphatic heterocycles. The fourth-order valence-electron chi connectivity index (χ4n) is 3.02. The first kappa shape index (κ1) is 17.6. The molecule has 3 fully saturated rings. The van der Waals surface area contributed by atoms with Crippen LogP contribution in [0.3, 0.4) is 0 Å². The van der Waals surface area contributed by atoms with Crippen molar-refractivity contribution in [1.82, 2.24) is 0 Å². The molecule has 4 heteroatoms. The first-order chi connectivity index (χ1) is 9.20. The Labute approximate surface area is 137 Å². The summed E-state index contributed by atoms with van der Waals surface area (Å²) in [6, 6.07) is 0. The van der Waals surface area contributed by atoms with Crippen LogP contribution in [0.1, 0.15) is 32.6 Å². The zero-order valence-electron chi connectivity index (χ0n) is 11.3. The number of fused-ring (bicyclic) bond motifs is 3. The van der Waals surface area contributed by atoms with Crippen LogP contribution in [0.2, 0.25) is 0 Å². The Hall–Kier alpha value is 0.506. The first-order valence-corrected chi connectivity index (χ1v) is 13.7. The number of rotatable bonds is 4. The summed E-state index contributed by atoms with van der Waals surface area (Å²) in [5, 5.41) is 9.47. The molecule has 0 spiro atoms. The Balaban J connectivity index is 0.000000861. The predicted molar refractivity (Wildman–Crippen MR) is 83.8 cm³/mol. The molecule has 0 unspecified atom stereocenters. The average Bonchev–Trinajstić information content (AvgIpc) is 2.52. The van der Waals surface area contributed by atoms with Crippen molar-refractivity contribution in [3.8, 4) is 0 Å². The van der Waals surface area contributed by atoms with Crippen LogP contribution in [0.25, 0.3) is 0 Å². The fraction of sp³-hybridized carbons (Fsp3) is 0.600. The molecule has 0 atom stereocenters. The van der Waals surface area contributed by atoms with Gasteiger partial charge in [-0.05, 0) is 38.2 Å². The van der Waals surface area contributed by atoms with Gasteiger partial charge in [-0.3, -0.25) is 0 Å². The first-order valence-electron chi connectivity index (χ1n) is 6.54. The van der Waals surface area contributed by atoms with Crippen LogP contribution in [-0.2, 0) is 19.8 Å². The van der Waals surface area contributed by atoms with E-state index >= 15 is 0 Å². The van der Waals surface area contributed by atoms with E-state index in [-0.39, 0.29) is 17.6 Å². The van der Waals surface area contributed by atoms with Crippen LogP contribution >= 0.6 is 19.7 Å². The van der Waals surface area contributed by atoms with Crippen LogP contribution < -0.4 is 0 Å². The minimum atomic E-state index is -0.106. The van der Waals surface area contributed by atoms with Crippen molar-refractivity contribution in [3.05, 3.63) is 36.5 Å². The second kappa shape index (κ2) is 8.07. The van der Waals surface area contributed by atoms with Crippen molar-refractivity contribution >= 4 is 19.7 Å². The van der Waals surface area contributed by atoms with E-state index in [2.05, 4.69) is 45.3 Å². The molecule has 19 heavy (non-hydrogen) atoms. The molecule has 1 N–H and O–H groups in total. The normalized spacial score (nSPS) is 34.0. The Morgan fingerprint density at radius 3 is 2.37 bits per heavy atom. The molecule has 2 saturated heterocycles. The molecule has 3 rings (SSSR count). The quantitative estimate of drug-likeness (QED) is 0.425. The summed E-state index contributed by atoms with van der Waals surface area (Å²) < 4.78 is 6.10. The van der Waals surface area contributed by atoms with E-state index in [1.54, 1.807) is 6.08 Å². The van der Waals surface area contributed by atoms with Crippen LogP contribution in [0.4, 0.5) is 0 Å². The molecule has 109 valence electrons. The summed E-state index contributed by atoms with van der Waals surface area (Å²) in [5.74, 6) is 0. The summed E-state index contributed by atoms with van der Waals surface area (Å²) in [7, 11) is 0. The minimum absolute atomic E-state index is 0.0444. The van der Waals surface area contributed by atoms with Crippen molar-refractivity contribution in [1.29, 1.82) is 0 Å². The van der Waals surface area contributed by atoms with Gasteiger partial charge in [0.05, 0.1) is 18.8 Å². The van der Waals surface area contributed by atoms with Gasteiger partial charge in [-0.1, -0.05) is 30.9 Å². The SMILES string of the molecule is C=C/C=C\C(=C/C)C12CCC(CO)(CC1)CO2.[I][Os]. The topological polar surface area (TPSA) is 29.5 Å². The van der Waals surface area contributed by atoms with Crippen molar-refractivity contribution in [2.75, 3.05) is 13.2 Å². The van der Waals surface area contributed by atoms with Crippen molar-refractivity contribution in [2.24, 2.45) is 5.41 Å². The number of hydrogen-bond donors (Lipinski definition) is 1. The predicted octanol–water partition coefficient (Wildman–Crippen LogP) is 3.88. The number of allylic oxidation sites excluding steroid dienone is 3. The Morgan fingerprint density at radius 1 is 1.37 bits per heavy atom. The molecule has 1 saturated carbocycles. The average molecular weight is 551 g/mol. The number of ether oxygens (including phenoxy) is 1. The molecule has 2 heterocycles. The Bertz CT molecular complexity index is 339. The van der Waals surface area contributed by atoms with Gasteiger partial charge in [0.1, 0.15) is 0 Å². The fourth-order valence-corrected chi connectivity index (χ4v) is 3.02. The number of aliphatic hydroxyl groups is 1. The maximum atomic E-state index is 9.47. The second-order valence-electron chi connectivity index (χ2n) is 5.28. The van der Waals surface area contributed by atoms with Gasteiger partial charge in [-0.25, -0.2) is 0 Å². The zero-order chi connectivity index (χ0) is 14.4. The summed E-state index contributed by atoms with van der Waals surface area (Å²) >= 11 is 4.01. The van der Waals surface area contributed by atoms with Gasteiger partial charge in [0.15, 0.2) is 0 Å². The molecule has 2 nitrogen and oxygen atoms in total. The summed E-state index contributed by atoms with van der Waals surface area (Å²) in [6.45, 7) is 6.72. The molecular formula is C15H22IO2Os. The van der Waals surface area contributed by atoms with Crippen molar-refractivity contribution < 1.29 is 24.9 Å². The van der Waals surface area contributed by atoms with Gasteiger partial charge < -0.3 is 9.84 Å². The second-order valence-corrected chi connectivity index (χ2v) is 5.28. The van der Waals surface area contributed by atoms with Gasteiger partial charge >= 0.3 is 34.7 Å². The Morgan fingerprint density at radius 2 is 2.00 bits per heavy atom. The van der Waals surface area contributed by atoms with E-state index in [0.717, 1.165) is 25.7 Å². The third-order valence-electron chi connectivity index (χ3n) is 4.36. The molecule has 3 aliphatic rings. The van der Waals surface area contributed by atoms with Gasteiger partial charge in [0.2, 0.25) is 0 Å². The van der Waals surface area contributed by atoms with Crippen LogP contribution in [0, 0.1) is 5.41 Å². The number of halogens is 1. The third-order valence-corrected chi connectivity index (χ3v) is 4.36. The third kappa shape index (κ3) is 3.78. The molecule has 0 aromatic rings. The van der Waals surface area contributed by atoms with E-state index in [0.29, 0.717) is 6.61 Å². The summed E-state index contributed by atoms with van der Waals surface area (Å²) in [4.78, 5) is 0. The number of hydrogen-bond acceptors (Lipinski definition) is 2. The van der Waals surface area contributed by atoms with E-state index in [1.165, 1.54) is 5.57 Å². The number of aliphatic hydroxyl groups excluding tert-OH is 1. The molecule has 1 aliphatic carbocycles. The van der Waals surface area contributed by atoms with Crippen LogP contribution in [-0.4, -0.2) is 23.9 Å². The van der Waals surface area contributed by atoms with E-state index in [1.807, 2.05) is 21.1 Å². The maximum absolute atomic E-state index is 9.47. The molecular weight excluding hydrogens is 529 g/mol. The van der Waals surface area contributed by atoms with E-state index < -0.39 is 0 Å². The van der Waals surface area contributed by atoms with Gasteiger partial charge in [0.25, 0.3) is 0 Å². The van der Waals surface area contributed by atoms with Gasteiger partial charge in [-0.15, -0.1) is 0 Å². The molecule has 0 aromatic carbocycles. The standard InChI is InChI=1S/C15H22O2.HI.Os/c1-3-5-6-13(4-2)15-9-7-14(11-16,8-10-15)12-17-15;;/h3-6,16H,1,7-12H2,2H3;1H;/q;;+1/p-1/b6-5-,13-4+;;. The molecule has 0 aromatic heterocycles. The monoisotopic (exact) mass is 553 g/mol. The summed E-state index contributed by atoms with van der Waals surface area (Å²) in [5.41, 5.74) is 1.19. The van der Waals surface area contributed by atoms with Gasteiger partial charge in [0, 0.05) is 5.41 Å². The van der Waals surface area contributed by atoms with Crippen LogP contribution in [0.5, 0.6) is 0 Å². The Kier molecular flexibility index (Phi) is 7.46. The zero-order valence-corrected chi connectivity index (χ0v) is 16.0. The van der Waals surface area contributed by atoms with E-state index in [4.69, 9.17) is 4.74 Å². The van der Waals surface area contributed by atoms with Gasteiger partial charge in [-0.2, -0.15) is 0 Å². The molecule has 0 amide bonds. The summed E-state index contributed by atoms with van der Waals surface area (Å²) in [6.07, 6.45) is 12.2. The van der Waals surface area contributed by atoms with E-state index in [9.17, 15) is 5.11 Å². The van der Waals surface area contributed by atoms with Crippen molar-refractivity contribution in [3.63, 3.8) is 0 Å². The molecule has 2 bridgehead atoms. The van der Waals surface area contributed by atoms with Crippen molar-refractivity contribution in [2.45, 2.75) is 38.2 Å². The molecule has 0 radical (unpaired) electrons.